The highest BCUT2D eigenvalue weighted by Gasteiger charge is 2.28. The van der Waals surface area contributed by atoms with Gasteiger partial charge in [0.05, 0.1) is 19.8 Å². The van der Waals surface area contributed by atoms with Gasteiger partial charge in [0, 0.05) is 19.3 Å². The van der Waals surface area contributed by atoms with E-state index in [4.69, 9.17) is 23.3 Å². The summed E-state index contributed by atoms with van der Waals surface area (Å²) < 4.78 is 39.5. The van der Waals surface area contributed by atoms with Crippen molar-refractivity contribution in [3.05, 3.63) is 12.2 Å². The van der Waals surface area contributed by atoms with E-state index < -0.39 is 57.8 Å². The second kappa shape index (κ2) is 55.5. The van der Waals surface area contributed by atoms with Crippen LogP contribution in [0.15, 0.2) is 12.2 Å². The lowest BCUT2D eigenvalue weighted by atomic mass is 10.0. The molecule has 0 aromatic carbocycles. The zero-order chi connectivity index (χ0) is 52.7. The third-order valence-corrected chi connectivity index (χ3v) is 14.6. The minimum atomic E-state index is -4.74. The van der Waals surface area contributed by atoms with Crippen molar-refractivity contribution in [1.29, 1.82) is 0 Å². The maximum absolute atomic E-state index is 12.9. The van der Waals surface area contributed by atoms with Crippen LogP contribution in [0.2, 0.25) is 0 Å². The molecule has 0 aliphatic heterocycles. The number of aliphatic hydroxyl groups excluding tert-OH is 1. The molecule has 11 nitrogen and oxygen atoms in total. The summed E-state index contributed by atoms with van der Waals surface area (Å²) in [6.45, 7) is 4.68. The predicted molar refractivity (Wildman–Crippen MR) is 298 cm³/mol. The summed E-state index contributed by atoms with van der Waals surface area (Å²) in [6.07, 6.45) is 54.6. The van der Waals surface area contributed by atoms with Crippen molar-refractivity contribution < 1.29 is 52.2 Å². The van der Waals surface area contributed by atoms with Gasteiger partial charge in [0.15, 0.2) is 6.10 Å². The second-order valence-corrected chi connectivity index (χ2v) is 22.3. The van der Waals surface area contributed by atoms with Gasteiger partial charge in [0.2, 0.25) is 0 Å². The lowest BCUT2D eigenvalue weighted by molar-refractivity contribution is -0.161. The topological polar surface area (TPSA) is 155 Å². The van der Waals surface area contributed by atoms with Gasteiger partial charge in [-0.3, -0.25) is 23.4 Å². The average molecular weight is 1040 g/mol. The molecule has 3 atom stereocenters. The lowest BCUT2D eigenvalue weighted by Gasteiger charge is -2.21. The van der Waals surface area contributed by atoms with Gasteiger partial charge in [-0.25, -0.2) is 4.57 Å². The molecule has 3 unspecified atom stereocenters. The fourth-order valence-corrected chi connectivity index (χ4v) is 9.78. The van der Waals surface area contributed by atoms with E-state index in [9.17, 15) is 28.9 Å². The maximum Gasteiger partial charge on any atom is 0.472 e. The number of phosphoric ester groups is 1. The first kappa shape index (κ1) is 70.2. The quantitative estimate of drug-likeness (QED) is 0.0197. The Morgan fingerprint density at radius 2 is 0.639 bits per heavy atom. The van der Waals surface area contributed by atoms with Crippen molar-refractivity contribution in [3.8, 4) is 0 Å². The fourth-order valence-electron chi connectivity index (χ4n) is 9.00. The predicted octanol–water partition coefficient (Wildman–Crippen LogP) is 18.0. The van der Waals surface area contributed by atoms with Crippen molar-refractivity contribution in [2.75, 3.05) is 26.4 Å². The Hall–Kier alpha value is -1.78. The maximum atomic E-state index is 12.9. The summed E-state index contributed by atoms with van der Waals surface area (Å²) in [5.41, 5.74) is 0. The van der Waals surface area contributed by atoms with E-state index in [0.29, 0.717) is 19.3 Å². The fraction of sp³-hybridized carbons (Fsp3) is 0.917. The molecule has 0 aromatic heterocycles. The number of allylic oxidation sites excluding steroid dienone is 2. The third-order valence-electron chi connectivity index (χ3n) is 13.7. The van der Waals surface area contributed by atoms with Gasteiger partial charge < -0.3 is 24.2 Å². The molecule has 0 radical (unpaired) electrons. The highest BCUT2D eigenvalue weighted by Crippen LogP contribution is 2.43. The molecule has 0 bridgehead atoms. The highest BCUT2D eigenvalue weighted by atomic mass is 31.2. The molecule has 426 valence electrons. The Morgan fingerprint density at radius 1 is 0.375 bits per heavy atom. The first-order valence-corrected chi connectivity index (χ1v) is 32.1. The van der Waals surface area contributed by atoms with Gasteiger partial charge >= 0.3 is 25.7 Å². The number of hydrogen-bond donors (Lipinski definition) is 2. The summed E-state index contributed by atoms with van der Waals surface area (Å²) in [6, 6.07) is 0. The molecule has 0 fully saturated rings. The summed E-state index contributed by atoms with van der Waals surface area (Å²) in [5.74, 6) is -1.44. The van der Waals surface area contributed by atoms with Gasteiger partial charge in [-0.2, -0.15) is 0 Å². The first-order valence-electron chi connectivity index (χ1n) is 30.6. The van der Waals surface area contributed by atoms with Gasteiger partial charge in [0.1, 0.15) is 12.7 Å². The Balaban J connectivity index is 4.64. The van der Waals surface area contributed by atoms with E-state index in [1.807, 2.05) is 0 Å². The minimum Gasteiger partial charge on any atom is -0.462 e. The van der Waals surface area contributed by atoms with Gasteiger partial charge in [-0.05, 0) is 44.9 Å². The van der Waals surface area contributed by atoms with Crippen LogP contribution in [0.3, 0.4) is 0 Å². The number of hydrogen-bond acceptors (Lipinski definition) is 10. The second-order valence-electron chi connectivity index (χ2n) is 20.9. The smallest absolute Gasteiger partial charge is 0.462 e. The molecule has 0 heterocycles. The van der Waals surface area contributed by atoms with Crippen molar-refractivity contribution in [3.63, 3.8) is 0 Å². The first-order chi connectivity index (χ1) is 35.2. The van der Waals surface area contributed by atoms with Crippen LogP contribution >= 0.6 is 7.82 Å². The van der Waals surface area contributed by atoms with Gasteiger partial charge in [-0.15, -0.1) is 0 Å². The molecular weight excluding hydrogens is 928 g/mol. The van der Waals surface area contributed by atoms with Crippen LogP contribution in [0.25, 0.3) is 0 Å². The molecule has 0 saturated heterocycles. The Morgan fingerprint density at radius 3 is 0.958 bits per heavy atom. The van der Waals surface area contributed by atoms with Crippen molar-refractivity contribution in [1.82, 2.24) is 0 Å². The molecule has 72 heavy (non-hydrogen) atoms. The molecule has 0 saturated carbocycles. The molecule has 0 rings (SSSR count). The van der Waals surface area contributed by atoms with Crippen LogP contribution in [0.1, 0.15) is 316 Å². The van der Waals surface area contributed by atoms with E-state index in [-0.39, 0.29) is 25.9 Å². The summed E-state index contributed by atoms with van der Waals surface area (Å²) in [4.78, 5) is 48.5. The number of esters is 3. The van der Waals surface area contributed by atoms with Crippen LogP contribution in [-0.4, -0.2) is 66.5 Å². The Labute approximate surface area is 443 Å². The van der Waals surface area contributed by atoms with Crippen LogP contribution < -0.4 is 0 Å². The third kappa shape index (κ3) is 53.1. The molecule has 0 aliphatic rings. The number of aliphatic hydroxyl groups is 1. The average Bonchev–Trinajstić information content (AvgIpc) is 3.37. The van der Waals surface area contributed by atoms with Crippen LogP contribution in [0, 0.1) is 0 Å². The lowest BCUT2D eigenvalue weighted by Crippen LogP contribution is -2.30. The van der Waals surface area contributed by atoms with E-state index in [2.05, 4.69) is 32.9 Å². The number of phosphoric acid groups is 1. The summed E-state index contributed by atoms with van der Waals surface area (Å²) in [5, 5.41) is 9.78. The van der Waals surface area contributed by atoms with Crippen molar-refractivity contribution in [2.45, 2.75) is 328 Å². The minimum absolute atomic E-state index is 0.173. The number of carbonyl (C=O) groups excluding carboxylic acids is 3. The van der Waals surface area contributed by atoms with E-state index in [1.54, 1.807) is 0 Å². The van der Waals surface area contributed by atoms with E-state index in [0.717, 1.165) is 57.8 Å². The van der Waals surface area contributed by atoms with Crippen molar-refractivity contribution >= 4 is 25.7 Å². The summed E-state index contributed by atoms with van der Waals surface area (Å²) >= 11 is 0. The van der Waals surface area contributed by atoms with Crippen LogP contribution in [0.4, 0.5) is 0 Å². The van der Waals surface area contributed by atoms with Crippen LogP contribution in [-0.2, 0) is 42.2 Å². The molecular formula is C60H115O11P. The van der Waals surface area contributed by atoms with Gasteiger partial charge in [0.25, 0.3) is 0 Å². The molecule has 0 aromatic rings. The van der Waals surface area contributed by atoms with E-state index in [1.165, 1.54) is 199 Å². The SMILES string of the molecule is CCCCCCCC/C=C\CCCCCCCCCCCC(=O)OC(COC(=O)CCCCCCCCCCCCCCCCCCC)COP(=O)(O)OCC(CO)OC(=O)CCCCCCCCCCC. The number of unbranched alkanes of at least 4 members (excludes halogenated alkanes) is 39. The molecule has 2 N–H and O–H groups in total. The number of carbonyl (C=O) groups is 3. The Bertz CT molecular complexity index is 1260. The molecule has 0 spiro atoms. The number of rotatable bonds is 58. The molecule has 0 aliphatic carbocycles. The number of ether oxygens (including phenoxy) is 3. The van der Waals surface area contributed by atoms with Crippen LogP contribution in [0.5, 0.6) is 0 Å². The normalized spacial score (nSPS) is 13.3. The zero-order valence-corrected chi connectivity index (χ0v) is 48.1. The molecule has 12 heteroatoms. The monoisotopic (exact) mass is 1040 g/mol. The summed E-state index contributed by atoms with van der Waals surface area (Å²) in [7, 11) is -4.74. The molecule has 0 amide bonds. The highest BCUT2D eigenvalue weighted by molar-refractivity contribution is 7.47. The van der Waals surface area contributed by atoms with Crippen molar-refractivity contribution in [2.24, 2.45) is 0 Å². The zero-order valence-electron chi connectivity index (χ0n) is 47.2. The van der Waals surface area contributed by atoms with Gasteiger partial charge in [-0.1, -0.05) is 264 Å². The van der Waals surface area contributed by atoms with E-state index >= 15 is 0 Å². The Kier molecular flexibility index (Phi) is 54.1. The standard InChI is InChI=1S/C60H115O11P/c1-4-7-10-13-16-19-21-23-25-27-28-30-32-34-36-39-42-45-48-51-60(64)71-57(53-67-58(62)49-46-43-40-38-35-33-31-29-26-24-22-20-17-14-11-8-5-2)55-69-72(65,66)68-54-56(52-61)70-59(63)50-47-44-41-37-18-15-12-9-6-3/h23,25,56-57,61H,4-22,24,26-55H2,1-3H3,(H,65,66)/b25-23-. The largest absolute Gasteiger partial charge is 0.472 e.